The molecular weight excluding hydrogens is 194 g/mol. The first-order chi connectivity index (χ1) is 7.07. The zero-order valence-corrected chi connectivity index (χ0v) is 9.40. The van der Waals surface area contributed by atoms with Crippen molar-refractivity contribution in [2.45, 2.75) is 45.6 Å². The molecule has 0 aliphatic carbocycles. The number of unbranched alkanes of at least 4 members (excludes halogenated alkanes) is 2. The molecule has 0 spiro atoms. The van der Waals surface area contributed by atoms with Gasteiger partial charge in [0, 0.05) is 19.0 Å². The predicted octanol–water partition coefficient (Wildman–Crippen LogP) is 1.50. The van der Waals surface area contributed by atoms with Crippen molar-refractivity contribution in [2.75, 3.05) is 6.54 Å². The summed E-state index contributed by atoms with van der Waals surface area (Å²) in [5.74, 6) is -1.38. The van der Waals surface area contributed by atoms with Crippen molar-refractivity contribution in [1.82, 2.24) is 4.90 Å². The zero-order valence-electron chi connectivity index (χ0n) is 9.40. The third-order valence-corrected chi connectivity index (χ3v) is 3.11. The Bertz CT molecular complexity index is 252. The topological polar surface area (TPSA) is 57.6 Å². The summed E-state index contributed by atoms with van der Waals surface area (Å²) in [6, 6.07) is -0.146. The summed E-state index contributed by atoms with van der Waals surface area (Å²) >= 11 is 0. The van der Waals surface area contributed by atoms with Crippen LogP contribution in [0.2, 0.25) is 0 Å². The van der Waals surface area contributed by atoms with Gasteiger partial charge in [0.15, 0.2) is 0 Å². The minimum Gasteiger partial charge on any atom is -0.481 e. The fourth-order valence-corrected chi connectivity index (χ4v) is 2.07. The first-order valence-corrected chi connectivity index (χ1v) is 5.60. The molecule has 0 saturated carbocycles. The van der Waals surface area contributed by atoms with E-state index in [1.807, 2.05) is 6.92 Å². The van der Waals surface area contributed by atoms with E-state index in [2.05, 4.69) is 6.92 Å². The SMILES string of the molecule is CCCCCN1C(=O)CC(C(=O)O)C1C. The van der Waals surface area contributed by atoms with Gasteiger partial charge in [-0.1, -0.05) is 19.8 Å². The molecule has 1 rings (SSSR count). The fourth-order valence-electron chi connectivity index (χ4n) is 2.07. The first-order valence-electron chi connectivity index (χ1n) is 5.60. The molecular formula is C11H19NO3. The second kappa shape index (κ2) is 5.14. The quantitative estimate of drug-likeness (QED) is 0.704. The fraction of sp³-hybridized carbons (Fsp3) is 0.818. The molecule has 0 aromatic carbocycles. The van der Waals surface area contributed by atoms with Crippen LogP contribution in [0.4, 0.5) is 0 Å². The molecule has 2 unspecified atom stereocenters. The minimum atomic E-state index is -0.853. The molecule has 86 valence electrons. The van der Waals surface area contributed by atoms with E-state index in [9.17, 15) is 9.59 Å². The Morgan fingerprint density at radius 3 is 2.67 bits per heavy atom. The molecule has 2 atom stereocenters. The number of hydrogen-bond acceptors (Lipinski definition) is 2. The predicted molar refractivity (Wildman–Crippen MR) is 56.4 cm³/mol. The Labute approximate surface area is 90.3 Å². The van der Waals surface area contributed by atoms with E-state index >= 15 is 0 Å². The van der Waals surface area contributed by atoms with Crippen LogP contribution in [0.5, 0.6) is 0 Å². The lowest BCUT2D eigenvalue weighted by Gasteiger charge is -2.23. The summed E-state index contributed by atoms with van der Waals surface area (Å²) in [5.41, 5.74) is 0. The third kappa shape index (κ3) is 2.70. The van der Waals surface area contributed by atoms with Crippen LogP contribution in [0.15, 0.2) is 0 Å². The Morgan fingerprint density at radius 2 is 2.20 bits per heavy atom. The van der Waals surface area contributed by atoms with Crippen molar-refractivity contribution in [1.29, 1.82) is 0 Å². The molecule has 1 aliphatic rings. The van der Waals surface area contributed by atoms with Crippen LogP contribution >= 0.6 is 0 Å². The zero-order chi connectivity index (χ0) is 11.4. The van der Waals surface area contributed by atoms with Gasteiger partial charge in [0.05, 0.1) is 5.92 Å². The molecule has 15 heavy (non-hydrogen) atoms. The summed E-state index contributed by atoms with van der Waals surface area (Å²) in [4.78, 5) is 24.1. The summed E-state index contributed by atoms with van der Waals surface area (Å²) in [7, 11) is 0. The molecule has 0 aromatic heterocycles. The number of hydrogen-bond donors (Lipinski definition) is 1. The normalized spacial score (nSPS) is 26.0. The van der Waals surface area contributed by atoms with Crippen LogP contribution in [0.1, 0.15) is 39.5 Å². The minimum absolute atomic E-state index is 0.00833. The Morgan fingerprint density at radius 1 is 1.53 bits per heavy atom. The van der Waals surface area contributed by atoms with Crippen molar-refractivity contribution in [3.63, 3.8) is 0 Å². The Balaban J connectivity index is 2.51. The van der Waals surface area contributed by atoms with Crippen LogP contribution in [0, 0.1) is 5.92 Å². The molecule has 4 heteroatoms. The molecule has 1 N–H and O–H groups in total. The van der Waals surface area contributed by atoms with Crippen molar-refractivity contribution >= 4 is 11.9 Å². The summed E-state index contributed by atoms with van der Waals surface area (Å²) in [6.45, 7) is 4.64. The molecule has 1 aliphatic heterocycles. The Hall–Kier alpha value is -1.06. The number of likely N-dealkylation sites (tertiary alicyclic amines) is 1. The first kappa shape index (κ1) is 12.0. The monoisotopic (exact) mass is 213 g/mol. The van der Waals surface area contributed by atoms with Gasteiger partial charge in [0.2, 0.25) is 5.91 Å². The van der Waals surface area contributed by atoms with Gasteiger partial charge in [-0.2, -0.15) is 0 Å². The van der Waals surface area contributed by atoms with E-state index in [0.29, 0.717) is 6.54 Å². The lowest BCUT2D eigenvalue weighted by atomic mass is 10.0. The standard InChI is InChI=1S/C11H19NO3/c1-3-4-5-6-12-8(2)9(11(14)15)7-10(12)13/h8-9H,3-7H2,1-2H3,(H,14,15). The van der Waals surface area contributed by atoms with Crippen LogP contribution in [-0.4, -0.2) is 34.5 Å². The van der Waals surface area contributed by atoms with Crippen molar-refractivity contribution < 1.29 is 14.7 Å². The molecule has 0 bridgehead atoms. The van der Waals surface area contributed by atoms with Gasteiger partial charge in [0.25, 0.3) is 0 Å². The van der Waals surface area contributed by atoms with Gasteiger partial charge >= 0.3 is 5.97 Å². The molecule has 1 heterocycles. The average molecular weight is 213 g/mol. The second-order valence-electron chi connectivity index (χ2n) is 4.18. The van der Waals surface area contributed by atoms with E-state index in [-0.39, 0.29) is 18.4 Å². The van der Waals surface area contributed by atoms with Gasteiger partial charge < -0.3 is 10.0 Å². The number of carboxylic acids is 1. The van der Waals surface area contributed by atoms with E-state index < -0.39 is 11.9 Å². The van der Waals surface area contributed by atoms with Gasteiger partial charge in [0.1, 0.15) is 0 Å². The molecule has 1 fully saturated rings. The number of carbonyl (C=O) groups is 2. The number of nitrogens with zero attached hydrogens (tertiary/aromatic N) is 1. The van der Waals surface area contributed by atoms with Crippen molar-refractivity contribution in [3.8, 4) is 0 Å². The van der Waals surface area contributed by atoms with Crippen LogP contribution in [0.25, 0.3) is 0 Å². The van der Waals surface area contributed by atoms with Crippen LogP contribution < -0.4 is 0 Å². The maximum Gasteiger partial charge on any atom is 0.309 e. The highest BCUT2D eigenvalue weighted by molar-refractivity contribution is 5.86. The molecule has 1 amide bonds. The van der Waals surface area contributed by atoms with Gasteiger partial charge in [-0.15, -0.1) is 0 Å². The van der Waals surface area contributed by atoms with E-state index in [0.717, 1.165) is 19.3 Å². The number of rotatable bonds is 5. The van der Waals surface area contributed by atoms with Gasteiger partial charge in [-0.3, -0.25) is 9.59 Å². The average Bonchev–Trinajstić information content (AvgIpc) is 2.45. The highest BCUT2D eigenvalue weighted by Gasteiger charge is 2.40. The highest BCUT2D eigenvalue weighted by Crippen LogP contribution is 2.25. The van der Waals surface area contributed by atoms with E-state index in [4.69, 9.17) is 5.11 Å². The number of carboxylic acid groups (broad SMARTS) is 1. The lowest BCUT2D eigenvalue weighted by molar-refractivity contribution is -0.142. The molecule has 0 radical (unpaired) electrons. The van der Waals surface area contributed by atoms with Crippen molar-refractivity contribution in [3.05, 3.63) is 0 Å². The molecule has 0 aromatic rings. The number of aliphatic carboxylic acids is 1. The maximum atomic E-state index is 11.6. The van der Waals surface area contributed by atoms with E-state index in [1.165, 1.54) is 0 Å². The highest BCUT2D eigenvalue weighted by atomic mass is 16.4. The number of carbonyl (C=O) groups excluding carboxylic acids is 1. The maximum absolute atomic E-state index is 11.6. The smallest absolute Gasteiger partial charge is 0.309 e. The molecule has 1 saturated heterocycles. The van der Waals surface area contributed by atoms with Gasteiger partial charge in [-0.25, -0.2) is 0 Å². The summed E-state index contributed by atoms with van der Waals surface area (Å²) < 4.78 is 0. The van der Waals surface area contributed by atoms with Crippen molar-refractivity contribution in [2.24, 2.45) is 5.92 Å². The largest absolute Gasteiger partial charge is 0.481 e. The Kier molecular flexibility index (Phi) is 4.12. The summed E-state index contributed by atoms with van der Waals surface area (Å²) in [5, 5.41) is 8.91. The van der Waals surface area contributed by atoms with Gasteiger partial charge in [-0.05, 0) is 13.3 Å². The number of amides is 1. The second-order valence-corrected chi connectivity index (χ2v) is 4.18. The summed E-state index contributed by atoms with van der Waals surface area (Å²) in [6.07, 6.45) is 3.34. The van der Waals surface area contributed by atoms with E-state index in [1.54, 1.807) is 4.90 Å². The third-order valence-electron chi connectivity index (χ3n) is 3.11. The van der Waals surface area contributed by atoms with Crippen LogP contribution in [0.3, 0.4) is 0 Å². The lowest BCUT2D eigenvalue weighted by Crippen LogP contribution is -2.35. The van der Waals surface area contributed by atoms with Crippen LogP contribution in [-0.2, 0) is 9.59 Å². The molecule has 4 nitrogen and oxygen atoms in total.